The first kappa shape index (κ1) is 35.0. The second kappa shape index (κ2) is 14.2. The Balaban J connectivity index is 0.000000580. The summed E-state index contributed by atoms with van der Waals surface area (Å²) in [5, 5.41) is 28.1. The van der Waals surface area contributed by atoms with Gasteiger partial charge in [-0.3, -0.25) is 0 Å². The highest BCUT2D eigenvalue weighted by Crippen LogP contribution is 2.37. The van der Waals surface area contributed by atoms with Crippen molar-refractivity contribution in [1.82, 2.24) is 0 Å². The quantitative estimate of drug-likeness (QED) is 0.315. The van der Waals surface area contributed by atoms with Gasteiger partial charge < -0.3 is 29.2 Å². The highest BCUT2D eigenvalue weighted by molar-refractivity contribution is 6.78. The Morgan fingerprint density at radius 2 is 1.05 bits per heavy atom. The van der Waals surface area contributed by atoms with Crippen LogP contribution in [0.4, 0.5) is 0 Å². The van der Waals surface area contributed by atoms with E-state index in [1.807, 2.05) is 12.1 Å². The van der Waals surface area contributed by atoms with Gasteiger partial charge in [-0.2, -0.15) is 0 Å². The molecule has 0 heterocycles. The topological polar surface area (TPSA) is 88.4 Å². The van der Waals surface area contributed by atoms with Crippen LogP contribution in [-0.4, -0.2) is 45.9 Å². The van der Waals surface area contributed by atoms with Crippen LogP contribution in [0.1, 0.15) is 52.7 Å². The predicted molar refractivity (Wildman–Crippen MR) is 160 cm³/mol. The highest BCUT2D eigenvalue weighted by Gasteiger charge is 2.37. The molecule has 0 aliphatic rings. The van der Waals surface area contributed by atoms with Gasteiger partial charge in [-0.05, 0) is 58.6 Å². The van der Waals surface area contributed by atoms with E-state index in [-0.39, 0.29) is 23.1 Å². The minimum Gasteiger partial charge on any atom is -0.504 e. The van der Waals surface area contributed by atoms with Gasteiger partial charge in [0.1, 0.15) is 0 Å². The molecule has 212 valence electrons. The number of ether oxygens (including phenoxy) is 2. The van der Waals surface area contributed by atoms with Gasteiger partial charge in [0.15, 0.2) is 31.3 Å². The maximum Gasteiger partial charge on any atom is 0.192 e. The van der Waals surface area contributed by atoms with Crippen molar-refractivity contribution in [3.05, 3.63) is 47.5 Å². The normalized spacial score (nSPS) is 12.1. The smallest absolute Gasteiger partial charge is 0.192 e. The Morgan fingerprint density at radius 3 is 1.38 bits per heavy atom. The molecule has 0 bridgehead atoms. The molecule has 0 aliphatic heterocycles. The van der Waals surface area contributed by atoms with Crippen LogP contribution < -0.4 is 9.47 Å². The van der Waals surface area contributed by atoms with E-state index in [0.29, 0.717) is 23.1 Å². The fraction of sp³-hybridized carbons (Fsp3) is 0.586. The zero-order chi connectivity index (χ0) is 29.2. The number of phenolic OH excluding ortho intramolecular Hbond substituents is 2. The molecule has 0 saturated heterocycles. The summed E-state index contributed by atoms with van der Waals surface area (Å²) in [5.74, 6) is 1.13. The Labute approximate surface area is 227 Å². The molecule has 2 rings (SSSR count). The summed E-state index contributed by atoms with van der Waals surface area (Å²) in [7, 11) is 0.427. The van der Waals surface area contributed by atoms with E-state index in [2.05, 4.69) is 74.3 Å². The summed E-state index contributed by atoms with van der Waals surface area (Å²) in [6.45, 7) is 25.9. The second-order valence-corrected chi connectivity index (χ2v) is 23.5. The fourth-order valence-corrected chi connectivity index (χ4v) is 3.07. The average molecular weight is 553 g/mol. The van der Waals surface area contributed by atoms with Gasteiger partial charge in [0.2, 0.25) is 0 Å². The highest BCUT2D eigenvalue weighted by atomic mass is 28.4. The lowest BCUT2D eigenvalue weighted by molar-refractivity contribution is 0.275. The van der Waals surface area contributed by atoms with Gasteiger partial charge >= 0.3 is 0 Å². The Bertz CT molecular complexity index is 942. The number of hydrogen-bond donors (Lipinski definition) is 3. The number of methoxy groups -OCH3 is 2. The van der Waals surface area contributed by atoms with Crippen LogP contribution in [0.2, 0.25) is 42.8 Å². The molecule has 0 fully saturated rings. The van der Waals surface area contributed by atoms with Gasteiger partial charge in [0.25, 0.3) is 0 Å². The van der Waals surface area contributed by atoms with E-state index in [4.69, 9.17) is 24.1 Å². The second-order valence-electron chi connectivity index (χ2n) is 12.7. The summed E-state index contributed by atoms with van der Waals surface area (Å²) < 4.78 is 16.0. The van der Waals surface area contributed by atoms with Gasteiger partial charge in [-0.1, -0.05) is 73.3 Å². The third kappa shape index (κ3) is 11.9. The van der Waals surface area contributed by atoms with Gasteiger partial charge in [-0.15, -0.1) is 0 Å². The molecule has 0 atom stereocenters. The molecule has 2 aromatic rings. The molecule has 0 spiro atoms. The van der Waals surface area contributed by atoms with Crippen LogP contribution in [0, 0.1) is 0 Å². The summed E-state index contributed by atoms with van der Waals surface area (Å²) in [5.41, 5.74) is 1.74. The fourth-order valence-electron chi connectivity index (χ4n) is 2.11. The lowest BCUT2D eigenvalue weighted by Gasteiger charge is -2.36. The van der Waals surface area contributed by atoms with E-state index in [1.165, 1.54) is 13.2 Å². The number of rotatable bonds is 6. The van der Waals surface area contributed by atoms with Crippen LogP contribution in [0.15, 0.2) is 36.4 Å². The van der Waals surface area contributed by atoms with Crippen molar-refractivity contribution in [3.63, 3.8) is 0 Å². The molecule has 0 saturated carbocycles. The molecular weight excluding hydrogens is 500 g/mol. The number of hydrogen-bond acceptors (Lipinski definition) is 6. The molecule has 37 heavy (non-hydrogen) atoms. The standard InChI is InChI=1S/C14H24O3Si.C8H10O3.C7H18Si/c1-14(2,3)18(5,6)17-10-11-7-8-12(15)13(9-11)16-4;1-11-8-4-6(5-9)2-3-7(8)10;1-7(2,3)8(4,5)6/h7-9,15H,10H2,1-6H3;2-4,9-10H,5H2,1H3;1-6H3. The largest absolute Gasteiger partial charge is 0.504 e. The maximum atomic E-state index is 9.54. The third-order valence-corrected chi connectivity index (χ3v) is 16.3. The van der Waals surface area contributed by atoms with Crippen LogP contribution in [0.3, 0.4) is 0 Å². The Kier molecular flexibility index (Phi) is 13.5. The summed E-state index contributed by atoms with van der Waals surface area (Å²) in [6, 6.07) is 10.0. The van der Waals surface area contributed by atoms with Crippen LogP contribution in [-0.2, 0) is 17.6 Å². The molecule has 6 nitrogen and oxygen atoms in total. The van der Waals surface area contributed by atoms with E-state index >= 15 is 0 Å². The molecule has 2 aromatic carbocycles. The van der Waals surface area contributed by atoms with Crippen molar-refractivity contribution in [2.75, 3.05) is 14.2 Å². The minimum atomic E-state index is -1.73. The van der Waals surface area contributed by atoms with Crippen LogP contribution >= 0.6 is 0 Å². The zero-order valence-corrected chi connectivity index (χ0v) is 27.4. The SMILES string of the molecule is CC(C)(C)[Si](C)(C)C.COc1cc(CO)ccc1O.COc1cc(CO[Si](C)(C)C(C)(C)C)ccc1O. The summed E-state index contributed by atoms with van der Waals surface area (Å²) >= 11 is 0. The molecule has 8 heteroatoms. The van der Waals surface area contributed by atoms with Crippen molar-refractivity contribution in [1.29, 1.82) is 0 Å². The van der Waals surface area contributed by atoms with Gasteiger partial charge in [0.05, 0.1) is 27.4 Å². The molecule has 0 amide bonds. The van der Waals surface area contributed by atoms with Crippen molar-refractivity contribution in [2.45, 2.75) is 97.6 Å². The first-order chi connectivity index (χ1) is 16.7. The number of benzene rings is 2. The monoisotopic (exact) mass is 552 g/mol. The molecule has 3 N–H and O–H groups in total. The van der Waals surface area contributed by atoms with Crippen molar-refractivity contribution < 1.29 is 29.2 Å². The van der Waals surface area contributed by atoms with E-state index < -0.39 is 16.4 Å². The summed E-state index contributed by atoms with van der Waals surface area (Å²) in [6.07, 6.45) is 0. The Hall–Kier alpha value is -2.01. The molecule has 0 aromatic heterocycles. The zero-order valence-electron chi connectivity index (χ0n) is 25.4. The lowest BCUT2D eigenvalue weighted by Crippen LogP contribution is -2.40. The Morgan fingerprint density at radius 1 is 0.676 bits per heavy atom. The van der Waals surface area contributed by atoms with E-state index in [0.717, 1.165) is 11.1 Å². The van der Waals surface area contributed by atoms with Crippen LogP contribution in [0.5, 0.6) is 23.0 Å². The number of aromatic hydroxyl groups is 2. The van der Waals surface area contributed by atoms with E-state index in [9.17, 15) is 5.11 Å². The minimum absolute atomic E-state index is 0.0450. The van der Waals surface area contributed by atoms with Crippen molar-refractivity contribution >= 4 is 16.4 Å². The number of aliphatic hydroxyl groups is 1. The van der Waals surface area contributed by atoms with Crippen LogP contribution in [0.25, 0.3) is 0 Å². The van der Waals surface area contributed by atoms with Gasteiger partial charge in [-0.25, -0.2) is 0 Å². The first-order valence-electron chi connectivity index (χ1n) is 12.7. The maximum absolute atomic E-state index is 9.54. The van der Waals surface area contributed by atoms with Crippen molar-refractivity contribution in [3.8, 4) is 23.0 Å². The molecular formula is C29H52O6Si2. The average Bonchev–Trinajstić information content (AvgIpc) is 2.77. The molecule has 0 aliphatic carbocycles. The predicted octanol–water partition coefficient (Wildman–Crippen LogP) is 7.94. The lowest BCUT2D eigenvalue weighted by atomic mass is 10.2. The van der Waals surface area contributed by atoms with E-state index in [1.54, 1.807) is 25.3 Å². The van der Waals surface area contributed by atoms with Gasteiger partial charge in [0, 0.05) is 8.07 Å². The van der Waals surface area contributed by atoms with Crippen molar-refractivity contribution in [2.24, 2.45) is 0 Å². The molecule has 0 radical (unpaired) electrons. The molecule has 0 unspecified atom stereocenters. The number of phenols is 2. The number of aliphatic hydroxyl groups excluding tert-OH is 1. The summed E-state index contributed by atoms with van der Waals surface area (Å²) in [4.78, 5) is 0. The third-order valence-electron chi connectivity index (χ3n) is 7.33. The first-order valence-corrected chi connectivity index (χ1v) is 19.1.